The van der Waals surface area contributed by atoms with Crippen LogP contribution in [0.15, 0.2) is 24.3 Å². The lowest BCUT2D eigenvalue weighted by atomic mass is 9.83. The van der Waals surface area contributed by atoms with Gasteiger partial charge in [-0.3, -0.25) is 9.59 Å². The number of likely N-dealkylation sites (N-methyl/N-ethyl adjacent to an activating group) is 1. The fourth-order valence-corrected chi connectivity index (χ4v) is 2.34. The van der Waals surface area contributed by atoms with Crippen LogP contribution in [0.2, 0.25) is 5.02 Å². The van der Waals surface area contributed by atoms with Crippen molar-refractivity contribution < 1.29 is 14.7 Å². The third-order valence-corrected chi connectivity index (χ3v) is 3.41. The first-order valence-electron chi connectivity index (χ1n) is 6.06. The number of carboxylic acids is 1. The number of hydrogen-bond acceptors (Lipinski definition) is 2. The second kappa shape index (κ2) is 6.06. The van der Waals surface area contributed by atoms with Gasteiger partial charge in [0.05, 0.1) is 5.41 Å². The van der Waals surface area contributed by atoms with Crippen molar-refractivity contribution in [2.45, 2.75) is 26.2 Å². The number of rotatable bonds is 5. The summed E-state index contributed by atoms with van der Waals surface area (Å²) < 4.78 is 0. The molecule has 0 atom stereocenters. The fourth-order valence-electron chi connectivity index (χ4n) is 1.97. The van der Waals surface area contributed by atoms with Crippen LogP contribution in [-0.4, -0.2) is 35.0 Å². The number of nitrogens with zero attached hydrogens (tertiary/aromatic N) is 1. The van der Waals surface area contributed by atoms with Crippen LogP contribution in [0.5, 0.6) is 0 Å². The van der Waals surface area contributed by atoms with E-state index in [0.29, 0.717) is 17.1 Å². The number of hydrogen-bond donors (Lipinski definition) is 1. The van der Waals surface area contributed by atoms with E-state index in [4.69, 9.17) is 16.7 Å². The van der Waals surface area contributed by atoms with Gasteiger partial charge in [0.25, 0.3) is 0 Å². The van der Waals surface area contributed by atoms with Gasteiger partial charge < -0.3 is 10.0 Å². The summed E-state index contributed by atoms with van der Waals surface area (Å²) in [7, 11) is 0. The van der Waals surface area contributed by atoms with E-state index in [0.717, 1.165) is 0 Å². The van der Waals surface area contributed by atoms with Crippen molar-refractivity contribution in [1.29, 1.82) is 0 Å². The number of carboxylic acid groups (broad SMARTS) is 1. The Morgan fingerprint density at radius 3 is 2.37 bits per heavy atom. The minimum atomic E-state index is -1.02. The van der Waals surface area contributed by atoms with E-state index in [2.05, 4.69) is 0 Å². The summed E-state index contributed by atoms with van der Waals surface area (Å²) in [6, 6.07) is 7.11. The summed E-state index contributed by atoms with van der Waals surface area (Å²) in [5, 5.41) is 9.34. The van der Waals surface area contributed by atoms with Crippen LogP contribution in [0.1, 0.15) is 26.3 Å². The van der Waals surface area contributed by atoms with E-state index in [9.17, 15) is 9.59 Å². The molecule has 1 rings (SSSR count). The van der Waals surface area contributed by atoms with E-state index >= 15 is 0 Å². The Hall–Kier alpha value is -1.55. The first-order valence-corrected chi connectivity index (χ1v) is 6.44. The number of carbonyl (C=O) groups is 2. The molecule has 5 heteroatoms. The Morgan fingerprint density at radius 1 is 1.32 bits per heavy atom. The molecule has 1 aromatic rings. The van der Waals surface area contributed by atoms with Gasteiger partial charge in [-0.1, -0.05) is 29.8 Å². The molecule has 0 heterocycles. The summed E-state index contributed by atoms with van der Waals surface area (Å²) >= 11 is 6.12. The average Bonchev–Trinajstić information content (AvgIpc) is 2.35. The van der Waals surface area contributed by atoms with Crippen molar-refractivity contribution in [3.05, 3.63) is 34.9 Å². The van der Waals surface area contributed by atoms with Crippen LogP contribution in [-0.2, 0) is 15.0 Å². The van der Waals surface area contributed by atoms with Gasteiger partial charge in [-0.15, -0.1) is 0 Å². The molecule has 0 bridgehead atoms. The Balaban J connectivity index is 3.08. The molecule has 0 saturated heterocycles. The first-order chi connectivity index (χ1) is 8.80. The Bertz CT molecular complexity index is 485. The zero-order valence-electron chi connectivity index (χ0n) is 11.3. The molecule has 4 nitrogen and oxygen atoms in total. The van der Waals surface area contributed by atoms with Crippen LogP contribution < -0.4 is 0 Å². The van der Waals surface area contributed by atoms with Gasteiger partial charge in [-0.05, 0) is 32.4 Å². The lowest BCUT2D eigenvalue weighted by Gasteiger charge is -2.31. The third kappa shape index (κ3) is 3.47. The highest BCUT2D eigenvalue weighted by Crippen LogP contribution is 2.31. The molecule has 0 fully saturated rings. The SMILES string of the molecule is CCN(CC(=O)O)C(=O)C(C)(C)c1ccccc1Cl. The molecule has 1 N–H and O–H groups in total. The van der Waals surface area contributed by atoms with Crippen molar-refractivity contribution in [2.75, 3.05) is 13.1 Å². The third-order valence-electron chi connectivity index (χ3n) is 3.08. The first kappa shape index (κ1) is 15.5. The summed E-state index contributed by atoms with van der Waals surface area (Å²) in [4.78, 5) is 24.6. The van der Waals surface area contributed by atoms with Crippen LogP contribution in [0.3, 0.4) is 0 Å². The van der Waals surface area contributed by atoms with E-state index in [1.165, 1.54) is 4.90 Å². The average molecular weight is 284 g/mol. The minimum Gasteiger partial charge on any atom is -0.480 e. The smallest absolute Gasteiger partial charge is 0.323 e. The van der Waals surface area contributed by atoms with Crippen molar-refractivity contribution >= 4 is 23.5 Å². The molecule has 19 heavy (non-hydrogen) atoms. The molecule has 0 aliphatic rings. The molecule has 0 aromatic heterocycles. The highest BCUT2D eigenvalue weighted by Gasteiger charge is 2.35. The van der Waals surface area contributed by atoms with Gasteiger partial charge >= 0.3 is 5.97 Å². The molecule has 1 aromatic carbocycles. The highest BCUT2D eigenvalue weighted by atomic mass is 35.5. The van der Waals surface area contributed by atoms with Crippen LogP contribution in [0.25, 0.3) is 0 Å². The number of carbonyl (C=O) groups excluding carboxylic acids is 1. The van der Waals surface area contributed by atoms with Gasteiger partial charge in [0.1, 0.15) is 6.54 Å². The van der Waals surface area contributed by atoms with Crippen LogP contribution in [0.4, 0.5) is 0 Å². The summed E-state index contributed by atoms with van der Waals surface area (Å²) in [6.45, 7) is 5.30. The Morgan fingerprint density at radius 2 is 1.89 bits per heavy atom. The van der Waals surface area contributed by atoms with E-state index in [1.807, 2.05) is 6.07 Å². The molecule has 0 saturated carbocycles. The van der Waals surface area contributed by atoms with E-state index < -0.39 is 11.4 Å². The quantitative estimate of drug-likeness (QED) is 0.903. The number of aliphatic carboxylic acids is 1. The fraction of sp³-hybridized carbons (Fsp3) is 0.429. The molecule has 1 amide bonds. The van der Waals surface area contributed by atoms with Gasteiger partial charge in [0, 0.05) is 11.6 Å². The van der Waals surface area contributed by atoms with Crippen LogP contribution in [0, 0.1) is 0 Å². The minimum absolute atomic E-state index is 0.245. The lowest BCUT2D eigenvalue weighted by molar-refractivity contribution is -0.146. The predicted octanol–water partition coefficient (Wildman–Crippen LogP) is 2.55. The number of halogens is 1. The standard InChI is InChI=1S/C14H18ClNO3/c1-4-16(9-12(17)18)13(19)14(2,3)10-7-5-6-8-11(10)15/h5-8H,4,9H2,1-3H3,(H,17,18). The van der Waals surface area contributed by atoms with Crippen molar-refractivity contribution in [3.8, 4) is 0 Å². The molecule has 0 aliphatic carbocycles. The number of amides is 1. The molecule has 104 valence electrons. The van der Waals surface area contributed by atoms with Crippen molar-refractivity contribution in [1.82, 2.24) is 4.90 Å². The number of benzene rings is 1. The molecular formula is C14H18ClNO3. The summed E-state index contributed by atoms with van der Waals surface area (Å²) in [6.07, 6.45) is 0. The largest absolute Gasteiger partial charge is 0.480 e. The van der Waals surface area contributed by atoms with Crippen molar-refractivity contribution in [3.63, 3.8) is 0 Å². The maximum Gasteiger partial charge on any atom is 0.323 e. The topological polar surface area (TPSA) is 57.6 Å². The second-order valence-electron chi connectivity index (χ2n) is 4.82. The zero-order valence-corrected chi connectivity index (χ0v) is 12.1. The normalized spacial score (nSPS) is 11.2. The monoisotopic (exact) mass is 283 g/mol. The van der Waals surface area contributed by atoms with Gasteiger partial charge in [-0.25, -0.2) is 0 Å². The zero-order chi connectivity index (χ0) is 14.6. The van der Waals surface area contributed by atoms with E-state index in [1.54, 1.807) is 39.0 Å². The molecule has 0 aliphatic heterocycles. The lowest BCUT2D eigenvalue weighted by Crippen LogP contribution is -2.45. The van der Waals surface area contributed by atoms with E-state index in [-0.39, 0.29) is 12.5 Å². The van der Waals surface area contributed by atoms with Crippen molar-refractivity contribution in [2.24, 2.45) is 0 Å². The Kier molecular flexibility index (Phi) is 4.95. The molecule has 0 spiro atoms. The maximum atomic E-state index is 12.5. The van der Waals surface area contributed by atoms with Gasteiger partial charge in [0.2, 0.25) is 5.91 Å². The Labute approximate surface area is 118 Å². The molecular weight excluding hydrogens is 266 g/mol. The molecule has 0 unspecified atom stereocenters. The maximum absolute atomic E-state index is 12.5. The van der Waals surface area contributed by atoms with Gasteiger partial charge in [-0.2, -0.15) is 0 Å². The molecule has 0 radical (unpaired) electrons. The van der Waals surface area contributed by atoms with Crippen LogP contribution >= 0.6 is 11.6 Å². The predicted molar refractivity (Wildman–Crippen MR) is 74.4 cm³/mol. The highest BCUT2D eigenvalue weighted by molar-refractivity contribution is 6.31. The summed E-state index contributed by atoms with van der Waals surface area (Å²) in [5.74, 6) is -1.27. The summed E-state index contributed by atoms with van der Waals surface area (Å²) in [5.41, 5.74) is -0.158. The van der Waals surface area contributed by atoms with Gasteiger partial charge in [0.15, 0.2) is 0 Å². The second-order valence-corrected chi connectivity index (χ2v) is 5.23.